The second-order valence-electron chi connectivity index (χ2n) is 11.2. The van der Waals surface area contributed by atoms with Crippen LogP contribution in [-0.2, 0) is 0 Å². The zero-order chi connectivity index (χ0) is 29.7. The molecule has 2 heterocycles. The largest absolute Gasteiger partial charge is 0.455 e. The lowest BCUT2D eigenvalue weighted by molar-refractivity contribution is 0.489. The molecule has 0 unspecified atom stereocenters. The van der Waals surface area contributed by atoms with Gasteiger partial charge in [-0.05, 0) is 45.5 Å². The van der Waals surface area contributed by atoms with E-state index in [2.05, 4.69) is 109 Å². The van der Waals surface area contributed by atoms with Gasteiger partial charge in [-0.1, -0.05) is 133 Å². The molecule has 45 heavy (non-hydrogen) atoms. The molecule has 8 aromatic rings. The van der Waals surface area contributed by atoms with Crippen molar-refractivity contribution in [1.82, 2.24) is 15.0 Å². The van der Waals surface area contributed by atoms with Crippen molar-refractivity contribution < 1.29 is 4.74 Å². The topological polar surface area (TPSA) is 47.9 Å². The molecule has 1 aliphatic rings. The number of hydrogen-bond donors (Lipinski definition) is 0. The van der Waals surface area contributed by atoms with E-state index in [4.69, 9.17) is 19.7 Å². The number of benzene rings is 7. The smallest absolute Gasteiger partial charge is 0.164 e. The van der Waals surface area contributed by atoms with E-state index >= 15 is 0 Å². The molecule has 0 saturated carbocycles. The highest BCUT2D eigenvalue weighted by Gasteiger charge is 2.25. The maximum absolute atomic E-state index is 6.70. The number of nitrogens with zero attached hydrogens (tertiary/aromatic N) is 3. The third-order valence-electron chi connectivity index (χ3n) is 8.52. The summed E-state index contributed by atoms with van der Waals surface area (Å²) in [6, 6.07) is 52.1. The molecule has 210 valence electrons. The van der Waals surface area contributed by atoms with Crippen LogP contribution in [0, 0.1) is 0 Å². The minimum Gasteiger partial charge on any atom is -0.455 e. The molecule has 0 saturated heterocycles. The summed E-state index contributed by atoms with van der Waals surface area (Å²) in [5.74, 6) is 3.60. The molecule has 0 radical (unpaired) electrons. The summed E-state index contributed by atoms with van der Waals surface area (Å²) in [5.41, 5.74) is 7.23. The van der Waals surface area contributed by atoms with Gasteiger partial charge in [0.2, 0.25) is 0 Å². The predicted molar refractivity (Wildman–Crippen MR) is 182 cm³/mol. The molecule has 0 aliphatic carbocycles. The summed E-state index contributed by atoms with van der Waals surface area (Å²) in [4.78, 5) is 15.1. The van der Waals surface area contributed by atoms with Crippen molar-refractivity contribution >= 4 is 21.5 Å². The van der Waals surface area contributed by atoms with Crippen molar-refractivity contribution in [1.29, 1.82) is 0 Å². The fourth-order valence-electron chi connectivity index (χ4n) is 6.36. The van der Waals surface area contributed by atoms with Crippen LogP contribution in [0.15, 0.2) is 152 Å². The Bertz CT molecular complexity index is 2400. The van der Waals surface area contributed by atoms with Gasteiger partial charge in [-0.2, -0.15) is 0 Å². The lowest BCUT2D eigenvalue weighted by Gasteiger charge is -2.24. The fourth-order valence-corrected chi connectivity index (χ4v) is 6.36. The van der Waals surface area contributed by atoms with Crippen molar-refractivity contribution in [2.75, 3.05) is 0 Å². The first-order chi connectivity index (χ1) is 22.3. The molecule has 0 spiro atoms. The minimum absolute atomic E-state index is 0.625. The normalized spacial score (nSPS) is 11.7. The highest BCUT2D eigenvalue weighted by molar-refractivity contribution is 6.10. The Labute approximate surface area is 260 Å². The van der Waals surface area contributed by atoms with Crippen LogP contribution in [0.1, 0.15) is 0 Å². The van der Waals surface area contributed by atoms with Gasteiger partial charge in [-0.25, -0.2) is 15.0 Å². The van der Waals surface area contributed by atoms with Gasteiger partial charge < -0.3 is 4.74 Å². The van der Waals surface area contributed by atoms with E-state index in [1.54, 1.807) is 0 Å². The number of aromatic nitrogens is 3. The van der Waals surface area contributed by atoms with Crippen LogP contribution in [0.3, 0.4) is 0 Å². The Morgan fingerprint density at radius 3 is 1.84 bits per heavy atom. The molecule has 1 aliphatic heterocycles. The Morgan fingerprint density at radius 2 is 1.02 bits per heavy atom. The molecule has 0 bridgehead atoms. The summed E-state index contributed by atoms with van der Waals surface area (Å²) in [6.45, 7) is 0. The van der Waals surface area contributed by atoms with Crippen LogP contribution in [0.2, 0.25) is 0 Å². The van der Waals surface area contributed by atoms with Crippen molar-refractivity contribution in [2.45, 2.75) is 0 Å². The Morgan fingerprint density at radius 1 is 0.378 bits per heavy atom. The first kappa shape index (κ1) is 25.4. The molecular formula is C41H25N3O. The maximum atomic E-state index is 6.70. The first-order valence-electron chi connectivity index (χ1n) is 15.0. The third kappa shape index (κ3) is 4.27. The van der Waals surface area contributed by atoms with E-state index in [-0.39, 0.29) is 0 Å². The fraction of sp³-hybridized carbons (Fsp3) is 0. The molecule has 1 aromatic heterocycles. The minimum atomic E-state index is 0.625. The van der Waals surface area contributed by atoms with Gasteiger partial charge in [0, 0.05) is 33.2 Å². The maximum Gasteiger partial charge on any atom is 0.164 e. The van der Waals surface area contributed by atoms with Crippen LogP contribution in [0.25, 0.3) is 78.0 Å². The molecule has 0 atom stereocenters. The number of hydrogen-bond acceptors (Lipinski definition) is 4. The number of ether oxygens (including phenoxy) is 1. The Kier molecular flexibility index (Phi) is 5.78. The summed E-state index contributed by atoms with van der Waals surface area (Å²) in [7, 11) is 0. The van der Waals surface area contributed by atoms with Crippen molar-refractivity contribution in [3.05, 3.63) is 152 Å². The van der Waals surface area contributed by atoms with Crippen molar-refractivity contribution in [2.24, 2.45) is 0 Å². The average molecular weight is 576 g/mol. The Hall–Kier alpha value is -6.13. The molecule has 4 heteroatoms. The SMILES string of the molecule is c1ccc(-c2nc(-c3ccc4ccccc4c3)nc(-c3ccc4c5c(cccc35)-c3cccc(-c5ccccc5)c3O4)n2)cc1. The van der Waals surface area contributed by atoms with Crippen LogP contribution >= 0.6 is 0 Å². The van der Waals surface area contributed by atoms with Gasteiger partial charge in [0.15, 0.2) is 17.5 Å². The molecule has 0 amide bonds. The van der Waals surface area contributed by atoms with E-state index in [0.717, 1.165) is 66.6 Å². The van der Waals surface area contributed by atoms with E-state index in [1.807, 2.05) is 42.5 Å². The lowest BCUT2D eigenvalue weighted by Crippen LogP contribution is -2.02. The lowest BCUT2D eigenvalue weighted by atomic mass is 9.90. The highest BCUT2D eigenvalue weighted by atomic mass is 16.5. The first-order valence-corrected chi connectivity index (χ1v) is 15.0. The average Bonchev–Trinajstić information content (AvgIpc) is 3.12. The standard InChI is InChI=1S/C41H25N3O/c1-3-12-27(13-4-1)31-17-9-20-34-32-18-10-19-33-35(23-24-36(37(32)33)45-38(31)34)41-43-39(28-14-5-2-6-15-28)42-40(44-41)30-22-21-26-11-7-8-16-29(26)25-30/h1-25H. The summed E-state index contributed by atoms with van der Waals surface area (Å²) >= 11 is 0. The van der Waals surface area contributed by atoms with Gasteiger partial charge in [-0.15, -0.1) is 0 Å². The van der Waals surface area contributed by atoms with Crippen LogP contribution in [0.4, 0.5) is 0 Å². The van der Waals surface area contributed by atoms with Gasteiger partial charge in [0.1, 0.15) is 11.5 Å². The molecule has 4 nitrogen and oxygen atoms in total. The summed E-state index contributed by atoms with van der Waals surface area (Å²) in [6.07, 6.45) is 0. The second kappa shape index (κ2) is 10.2. The van der Waals surface area contributed by atoms with Crippen LogP contribution < -0.4 is 4.74 Å². The van der Waals surface area contributed by atoms with Gasteiger partial charge in [-0.3, -0.25) is 0 Å². The summed E-state index contributed by atoms with van der Waals surface area (Å²) in [5, 5.41) is 4.42. The number of rotatable bonds is 4. The molecule has 0 fully saturated rings. The van der Waals surface area contributed by atoms with Crippen molar-refractivity contribution in [3.8, 4) is 67.9 Å². The van der Waals surface area contributed by atoms with E-state index in [9.17, 15) is 0 Å². The Balaban J connectivity index is 1.25. The highest BCUT2D eigenvalue weighted by Crippen LogP contribution is 2.51. The van der Waals surface area contributed by atoms with Gasteiger partial charge >= 0.3 is 0 Å². The molecule has 0 N–H and O–H groups in total. The van der Waals surface area contributed by atoms with Crippen LogP contribution in [0.5, 0.6) is 11.5 Å². The summed E-state index contributed by atoms with van der Waals surface area (Å²) < 4.78 is 6.70. The zero-order valence-corrected chi connectivity index (χ0v) is 24.2. The molecule has 9 rings (SSSR count). The van der Waals surface area contributed by atoms with Crippen LogP contribution in [-0.4, -0.2) is 15.0 Å². The van der Waals surface area contributed by atoms with E-state index in [0.29, 0.717) is 17.5 Å². The van der Waals surface area contributed by atoms with E-state index < -0.39 is 0 Å². The van der Waals surface area contributed by atoms with Crippen molar-refractivity contribution in [3.63, 3.8) is 0 Å². The quantitative estimate of drug-likeness (QED) is 0.209. The zero-order valence-electron chi connectivity index (χ0n) is 24.2. The third-order valence-corrected chi connectivity index (χ3v) is 8.52. The second-order valence-corrected chi connectivity index (χ2v) is 11.2. The number of para-hydroxylation sites is 1. The van der Waals surface area contributed by atoms with Gasteiger partial charge in [0.05, 0.1) is 0 Å². The van der Waals surface area contributed by atoms with E-state index in [1.165, 1.54) is 5.39 Å². The predicted octanol–water partition coefficient (Wildman–Crippen LogP) is 10.6. The number of fused-ring (bicyclic) bond motifs is 3. The molecular weight excluding hydrogens is 550 g/mol. The van der Waals surface area contributed by atoms with Gasteiger partial charge in [0.25, 0.3) is 0 Å². The molecule has 7 aromatic carbocycles. The monoisotopic (exact) mass is 575 g/mol.